The second kappa shape index (κ2) is 6.89. The van der Waals surface area contributed by atoms with Crippen molar-refractivity contribution in [3.63, 3.8) is 0 Å². The van der Waals surface area contributed by atoms with Crippen LogP contribution in [0.5, 0.6) is 5.75 Å². The molecule has 4 nitrogen and oxygen atoms in total. The first-order chi connectivity index (χ1) is 9.22. The van der Waals surface area contributed by atoms with Crippen LogP contribution in [0.2, 0.25) is 0 Å². The van der Waals surface area contributed by atoms with Crippen molar-refractivity contribution in [1.82, 2.24) is 4.90 Å². The Labute approximate surface area is 115 Å². The minimum absolute atomic E-state index is 0.297. The lowest BCUT2D eigenvalue weighted by molar-refractivity contribution is 0.0667. The van der Waals surface area contributed by atoms with E-state index in [4.69, 9.17) is 15.2 Å². The third kappa shape index (κ3) is 3.93. The van der Waals surface area contributed by atoms with Gasteiger partial charge in [0.1, 0.15) is 5.75 Å². The van der Waals surface area contributed by atoms with Crippen molar-refractivity contribution in [2.45, 2.75) is 32.5 Å². The molecular formula is C15H24N2O2. The van der Waals surface area contributed by atoms with Crippen LogP contribution < -0.4 is 10.5 Å². The molecule has 4 heteroatoms. The Hall–Kier alpha value is -1.10. The number of hydrogen-bond acceptors (Lipinski definition) is 4. The molecule has 1 aliphatic heterocycles. The fourth-order valence-electron chi connectivity index (χ4n) is 2.55. The van der Waals surface area contributed by atoms with Crippen LogP contribution in [0.25, 0.3) is 0 Å². The smallest absolute Gasteiger partial charge is 0.123 e. The van der Waals surface area contributed by atoms with Crippen molar-refractivity contribution in [3.8, 4) is 5.75 Å². The Morgan fingerprint density at radius 1 is 1.47 bits per heavy atom. The quantitative estimate of drug-likeness (QED) is 0.900. The van der Waals surface area contributed by atoms with E-state index in [2.05, 4.69) is 17.9 Å². The molecule has 1 atom stereocenters. The predicted octanol–water partition coefficient (Wildman–Crippen LogP) is 1.76. The minimum Gasteiger partial charge on any atom is -0.496 e. The molecule has 2 N–H and O–H groups in total. The van der Waals surface area contributed by atoms with Gasteiger partial charge in [-0.05, 0) is 31.0 Å². The highest BCUT2D eigenvalue weighted by atomic mass is 16.5. The maximum absolute atomic E-state index is 5.72. The molecular weight excluding hydrogens is 240 g/mol. The van der Waals surface area contributed by atoms with Gasteiger partial charge in [-0.3, -0.25) is 4.90 Å². The lowest BCUT2D eigenvalue weighted by Crippen LogP contribution is -2.30. The molecule has 0 aromatic heterocycles. The number of rotatable bonds is 4. The predicted molar refractivity (Wildman–Crippen MR) is 76.2 cm³/mol. The fourth-order valence-corrected chi connectivity index (χ4v) is 2.55. The molecule has 1 aromatic rings. The van der Waals surface area contributed by atoms with E-state index in [1.54, 1.807) is 7.11 Å². The van der Waals surface area contributed by atoms with E-state index in [1.807, 2.05) is 12.1 Å². The van der Waals surface area contributed by atoms with Gasteiger partial charge in [-0.25, -0.2) is 0 Å². The second-order valence-electron chi connectivity index (χ2n) is 5.12. The van der Waals surface area contributed by atoms with E-state index in [0.717, 1.165) is 44.0 Å². The van der Waals surface area contributed by atoms with E-state index in [9.17, 15) is 0 Å². The normalized spacial score (nSPS) is 21.1. The second-order valence-corrected chi connectivity index (χ2v) is 5.12. The molecule has 0 aliphatic carbocycles. The van der Waals surface area contributed by atoms with Crippen LogP contribution in [-0.2, 0) is 17.8 Å². The summed E-state index contributed by atoms with van der Waals surface area (Å²) in [5.74, 6) is 0.940. The SMILES string of the molecule is COc1ccc(CN)cc1CN1CCCOC(C)C1. The first-order valence-corrected chi connectivity index (χ1v) is 6.92. The van der Waals surface area contributed by atoms with Crippen LogP contribution in [0.15, 0.2) is 18.2 Å². The van der Waals surface area contributed by atoms with Crippen LogP contribution >= 0.6 is 0 Å². The third-order valence-corrected chi connectivity index (χ3v) is 3.51. The van der Waals surface area contributed by atoms with Crippen LogP contribution in [0, 0.1) is 0 Å². The van der Waals surface area contributed by atoms with E-state index in [1.165, 1.54) is 5.56 Å². The number of methoxy groups -OCH3 is 1. The lowest BCUT2D eigenvalue weighted by atomic mass is 10.1. The highest BCUT2D eigenvalue weighted by Gasteiger charge is 2.16. The van der Waals surface area contributed by atoms with Crippen molar-refractivity contribution < 1.29 is 9.47 Å². The summed E-state index contributed by atoms with van der Waals surface area (Å²) in [6, 6.07) is 6.18. The average Bonchev–Trinajstić information content (AvgIpc) is 2.63. The summed E-state index contributed by atoms with van der Waals surface area (Å²) in [6.07, 6.45) is 1.38. The fraction of sp³-hybridized carbons (Fsp3) is 0.600. The molecule has 1 aliphatic rings. The highest BCUT2D eigenvalue weighted by molar-refractivity contribution is 5.37. The molecule has 1 unspecified atom stereocenters. The van der Waals surface area contributed by atoms with E-state index in [-0.39, 0.29) is 0 Å². The Kier molecular flexibility index (Phi) is 5.19. The molecule has 0 spiro atoms. The molecule has 1 aromatic carbocycles. The lowest BCUT2D eigenvalue weighted by Gasteiger charge is -2.23. The van der Waals surface area contributed by atoms with Gasteiger partial charge in [0.25, 0.3) is 0 Å². The zero-order valence-corrected chi connectivity index (χ0v) is 11.9. The zero-order chi connectivity index (χ0) is 13.7. The summed E-state index contributed by atoms with van der Waals surface area (Å²) >= 11 is 0. The Morgan fingerprint density at radius 3 is 3.05 bits per heavy atom. The van der Waals surface area contributed by atoms with E-state index in [0.29, 0.717) is 12.6 Å². The summed E-state index contributed by atoms with van der Waals surface area (Å²) < 4.78 is 11.1. The maximum Gasteiger partial charge on any atom is 0.123 e. The Morgan fingerprint density at radius 2 is 2.32 bits per heavy atom. The first kappa shape index (κ1) is 14.3. The number of nitrogens with two attached hydrogens (primary N) is 1. The average molecular weight is 264 g/mol. The molecule has 0 saturated carbocycles. The van der Waals surface area contributed by atoms with Gasteiger partial charge in [-0.15, -0.1) is 0 Å². The van der Waals surface area contributed by atoms with Crippen LogP contribution in [0.4, 0.5) is 0 Å². The number of ether oxygens (including phenoxy) is 2. The summed E-state index contributed by atoms with van der Waals surface area (Å²) in [6.45, 7) is 6.49. The highest BCUT2D eigenvalue weighted by Crippen LogP contribution is 2.22. The van der Waals surface area contributed by atoms with Gasteiger partial charge >= 0.3 is 0 Å². The summed E-state index contributed by atoms with van der Waals surface area (Å²) in [5, 5.41) is 0. The topological polar surface area (TPSA) is 47.7 Å². The molecule has 1 heterocycles. The van der Waals surface area contributed by atoms with Crippen molar-refractivity contribution in [2.24, 2.45) is 5.73 Å². The van der Waals surface area contributed by atoms with Gasteiger partial charge in [0, 0.05) is 38.3 Å². The standard InChI is InChI=1S/C15H24N2O2/c1-12-10-17(6-3-7-19-12)11-14-8-13(9-16)4-5-15(14)18-2/h4-5,8,12H,3,6-7,9-11,16H2,1-2H3. The van der Waals surface area contributed by atoms with Crippen LogP contribution in [0.3, 0.4) is 0 Å². The molecule has 0 amide bonds. The largest absolute Gasteiger partial charge is 0.496 e. The van der Waals surface area contributed by atoms with Gasteiger partial charge < -0.3 is 15.2 Å². The van der Waals surface area contributed by atoms with Gasteiger partial charge in [0.2, 0.25) is 0 Å². The molecule has 1 saturated heterocycles. The number of benzene rings is 1. The summed E-state index contributed by atoms with van der Waals surface area (Å²) in [4.78, 5) is 2.43. The van der Waals surface area contributed by atoms with Gasteiger partial charge in [-0.2, -0.15) is 0 Å². The van der Waals surface area contributed by atoms with Gasteiger partial charge in [0.05, 0.1) is 13.2 Å². The maximum atomic E-state index is 5.72. The minimum atomic E-state index is 0.297. The van der Waals surface area contributed by atoms with Crippen molar-refractivity contribution >= 4 is 0 Å². The Balaban J connectivity index is 2.11. The van der Waals surface area contributed by atoms with E-state index >= 15 is 0 Å². The van der Waals surface area contributed by atoms with Crippen LogP contribution in [-0.4, -0.2) is 37.8 Å². The zero-order valence-electron chi connectivity index (χ0n) is 11.9. The van der Waals surface area contributed by atoms with Crippen LogP contribution in [0.1, 0.15) is 24.5 Å². The third-order valence-electron chi connectivity index (χ3n) is 3.51. The van der Waals surface area contributed by atoms with Gasteiger partial charge in [0.15, 0.2) is 0 Å². The molecule has 0 radical (unpaired) electrons. The van der Waals surface area contributed by atoms with Crippen molar-refractivity contribution in [2.75, 3.05) is 26.8 Å². The summed E-state index contributed by atoms with van der Waals surface area (Å²) in [7, 11) is 1.72. The van der Waals surface area contributed by atoms with E-state index < -0.39 is 0 Å². The summed E-state index contributed by atoms with van der Waals surface area (Å²) in [5.41, 5.74) is 8.07. The number of nitrogens with zero attached hydrogens (tertiary/aromatic N) is 1. The number of hydrogen-bond donors (Lipinski definition) is 1. The molecule has 1 fully saturated rings. The monoisotopic (exact) mass is 264 g/mol. The first-order valence-electron chi connectivity index (χ1n) is 6.92. The molecule has 2 rings (SSSR count). The molecule has 0 bridgehead atoms. The Bertz CT molecular complexity index is 409. The van der Waals surface area contributed by atoms with Crippen molar-refractivity contribution in [3.05, 3.63) is 29.3 Å². The van der Waals surface area contributed by atoms with Gasteiger partial charge in [-0.1, -0.05) is 6.07 Å². The molecule has 106 valence electrons. The van der Waals surface area contributed by atoms with Crippen molar-refractivity contribution in [1.29, 1.82) is 0 Å². The molecule has 19 heavy (non-hydrogen) atoms.